The van der Waals surface area contributed by atoms with E-state index in [1.165, 1.54) is 0 Å². The zero-order valence-corrected chi connectivity index (χ0v) is 7.97. The van der Waals surface area contributed by atoms with E-state index in [9.17, 15) is 15.0 Å². The summed E-state index contributed by atoms with van der Waals surface area (Å²) in [5.74, 6) is 0. The second-order valence-corrected chi connectivity index (χ2v) is 3.19. The Morgan fingerprint density at radius 3 is 1.73 bits per heavy atom. The van der Waals surface area contributed by atoms with Crippen molar-refractivity contribution in [2.45, 2.75) is 36.9 Å². The third-order valence-corrected chi connectivity index (χ3v) is 2.01. The number of rotatable bonds is 7. The summed E-state index contributed by atoms with van der Waals surface area (Å²) in [5, 5.41) is 54.1. The van der Waals surface area contributed by atoms with Gasteiger partial charge in [-0.1, -0.05) is 0 Å². The van der Waals surface area contributed by atoms with Crippen molar-refractivity contribution in [2.24, 2.45) is 0 Å². The van der Waals surface area contributed by atoms with E-state index >= 15 is 0 Å². The average Bonchev–Trinajstić information content (AvgIpc) is 2.25. The molecule has 0 heterocycles. The quantitative estimate of drug-likeness (QED) is 0.245. The highest BCUT2D eigenvalue weighted by atomic mass is 16.4. The third-order valence-electron chi connectivity index (χ3n) is 2.01. The van der Waals surface area contributed by atoms with E-state index in [4.69, 9.17) is 20.4 Å². The molecule has 0 bridgehead atoms. The van der Waals surface area contributed by atoms with Gasteiger partial charge < -0.3 is 35.4 Å². The van der Waals surface area contributed by atoms with E-state index in [0.29, 0.717) is 6.29 Å². The third kappa shape index (κ3) is 4.20. The van der Waals surface area contributed by atoms with Gasteiger partial charge in [-0.3, -0.25) is 0 Å². The summed E-state index contributed by atoms with van der Waals surface area (Å²) in [7, 11) is 0. The molecule has 0 aliphatic heterocycles. The zero-order chi connectivity index (χ0) is 12.0. The molecule has 5 atom stereocenters. The average molecular weight is 224 g/mol. The van der Waals surface area contributed by atoms with Crippen molar-refractivity contribution in [3.05, 3.63) is 0 Å². The Kier molecular flexibility index (Phi) is 6.57. The molecule has 0 radical (unpaired) electrons. The van der Waals surface area contributed by atoms with Crippen LogP contribution in [0.5, 0.6) is 0 Å². The molecular weight excluding hydrogens is 208 g/mol. The Hall–Kier alpha value is -0.570. The van der Waals surface area contributed by atoms with Gasteiger partial charge in [-0.15, -0.1) is 0 Å². The minimum Gasteiger partial charge on any atom is -0.394 e. The summed E-state index contributed by atoms with van der Waals surface area (Å²) in [6.45, 7) is -0.797. The molecule has 7 heteroatoms. The monoisotopic (exact) mass is 224 g/mol. The van der Waals surface area contributed by atoms with Crippen molar-refractivity contribution in [2.75, 3.05) is 6.61 Å². The fourth-order valence-electron chi connectivity index (χ4n) is 1.00. The van der Waals surface area contributed by atoms with E-state index in [1.54, 1.807) is 0 Å². The molecule has 1 unspecified atom stereocenters. The van der Waals surface area contributed by atoms with Crippen molar-refractivity contribution < 1.29 is 35.4 Å². The first-order valence-corrected chi connectivity index (χ1v) is 4.40. The van der Waals surface area contributed by atoms with Crippen molar-refractivity contribution in [1.29, 1.82) is 0 Å². The smallest absolute Gasteiger partial charge is 0.122 e. The standard InChI is InChI=1S/C8H16O7/c9-2-1-4(11)6(13)8(15)7(14)5(12)3-10/h2,4-8,10-15H,1,3H2/t4?,5-,6+,7-,8-/m1/s1. The molecule has 0 aliphatic carbocycles. The topological polar surface area (TPSA) is 138 Å². The Labute approximate surface area is 86.2 Å². The lowest BCUT2D eigenvalue weighted by Crippen LogP contribution is -2.50. The first kappa shape index (κ1) is 14.4. The molecular formula is C8H16O7. The number of aliphatic hydroxyl groups excluding tert-OH is 6. The Morgan fingerprint density at radius 2 is 1.33 bits per heavy atom. The van der Waals surface area contributed by atoms with Crippen LogP contribution in [0.1, 0.15) is 6.42 Å². The second-order valence-electron chi connectivity index (χ2n) is 3.19. The Morgan fingerprint density at radius 1 is 0.867 bits per heavy atom. The predicted octanol–water partition coefficient (Wildman–Crippen LogP) is -3.63. The van der Waals surface area contributed by atoms with E-state index in [-0.39, 0.29) is 0 Å². The maximum atomic E-state index is 10.00. The van der Waals surface area contributed by atoms with Crippen LogP contribution >= 0.6 is 0 Å². The molecule has 0 aromatic heterocycles. The number of aliphatic hydroxyl groups is 6. The predicted molar refractivity (Wildman–Crippen MR) is 47.8 cm³/mol. The molecule has 0 aromatic carbocycles. The Balaban J connectivity index is 4.28. The maximum absolute atomic E-state index is 10.00. The van der Waals surface area contributed by atoms with Crippen LogP contribution in [0.25, 0.3) is 0 Å². The van der Waals surface area contributed by atoms with E-state index in [1.807, 2.05) is 0 Å². The number of hydrogen-bond donors (Lipinski definition) is 6. The molecule has 6 N–H and O–H groups in total. The fourth-order valence-corrected chi connectivity index (χ4v) is 1.00. The van der Waals surface area contributed by atoms with Crippen LogP contribution in [0, 0.1) is 0 Å². The highest BCUT2D eigenvalue weighted by Gasteiger charge is 2.33. The number of carbonyl (C=O) groups is 1. The van der Waals surface area contributed by atoms with Crippen LogP contribution in [-0.2, 0) is 4.79 Å². The minimum atomic E-state index is -1.85. The lowest BCUT2D eigenvalue weighted by molar-refractivity contribution is -0.142. The highest BCUT2D eigenvalue weighted by molar-refractivity contribution is 5.50. The maximum Gasteiger partial charge on any atom is 0.122 e. The lowest BCUT2D eigenvalue weighted by Gasteiger charge is -2.27. The summed E-state index contributed by atoms with van der Waals surface area (Å²) < 4.78 is 0. The number of aldehydes is 1. The SMILES string of the molecule is O=CCC(O)[C@H](O)[C@@H](O)[C@H](O)[C@H](O)CO. The van der Waals surface area contributed by atoms with Crippen LogP contribution in [0.15, 0.2) is 0 Å². The van der Waals surface area contributed by atoms with E-state index < -0.39 is 43.5 Å². The van der Waals surface area contributed by atoms with Gasteiger partial charge in [0, 0.05) is 6.42 Å². The van der Waals surface area contributed by atoms with Crippen LogP contribution in [0.3, 0.4) is 0 Å². The van der Waals surface area contributed by atoms with Gasteiger partial charge in [0.25, 0.3) is 0 Å². The van der Waals surface area contributed by atoms with Crippen molar-refractivity contribution in [3.8, 4) is 0 Å². The van der Waals surface area contributed by atoms with Crippen molar-refractivity contribution in [1.82, 2.24) is 0 Å². The van der Waals surface area contributed by atoms with Gasteiger partial charge in [0.15, 0.2) is 0 Å². The first-order valence-electron chi connectivity index (χ1n) is 4.40. The summed E-state index contributed by atoms with van der Waals surface area (Å²) in [5.41, 5.74) is 0. The van der Waals surface area contributed by atoms with Gasteiger partial charge in [-0.05, 0) is 0 Å². The molecule has 0 aliphatic rings. The summed E-state index contributed by atoms with van der Waals surface area (Å²) in [4.78, 5) is 10.00. The lowest BCUT2D eigenvalue weighted by atomic mass is 9.98. The zero-order valence-electron chi connectivity index (χ0n) is 7.97. The number of hydrogen-bond acceptors (Lipinski definition) is 7. The molecule has 0 aromatic rings. The fraction of sp³-hybridized carbons (Fsp3) is 0.875. The van der Waals surface area contributed by atoms with Crippen molar-refractivity contribution in [3.63, 3.8) is 0 Å². The van der Waals surface area contributed by atoms with Gasteiger partial charge in [0.2, 0.25) is 0 Å². The molecule has 7 nitrogen and oxygen atoms in total. The molecule has 90 valence electrons. The summed E-state index contributed by atoms with van der Waals surface area (Å²) in [6, 6.07) is 0. The van der Waals surface area contributed by atoms with Crippen LogP contribution in [0.4, 0.5) is 0 Å². The number of carbonyl (C=O) groups excluding carboxylic acids is 1. The summed E-state index contributed by atoms with van der Waals surface area (Å²) in [6.07, 6.45) is -8.63. The molecule has 0 fully saturated rings. The molecule has 0 rings (SSSR count). The first-order chi connectivity index (χ1) is 6.95. The molecule has 0 saturated carbocycles. The molecule has 0 amide bonds. The summed E-state index contributed by atoms with van der Waals surface area (Å²) >= 11 is 0. The minimum absolute atomic E-state index is 0.343. The second kappa shape index (κ2) is 6.83. The van der Waals surface area contributed by atoms with Crippen molar-refractivity contribution >= 4 is 6.29 Å². The van der Waals surface area contributed by atoms with Gasteiger partial charge in [0.05, 0.1) is 12.7 Å². The molecule has 15 heavy (non-hydrogen) atoms. The van der Waals surface area contributed by atoms with Gasteiger partial charge in [-0.2, -0.15) is 0 Å². The molecule has 0 saturated heterocycles. The van der Waals surface area contributed by atoms with Crippen LogP contribution in [0.2, 0.25) is 0 Å². The van der Waals surface area contributed by atoms with Gasteiger partial charge in [-0.25, -0.2) is 0 Å². The van der Waals surface area contributed by atoms with Crippen LogP contribution in [-0.4, -0.2) is 74.1 Å². The van der Waals surface area contributed by atoms with Crippen LogP contribution < -0.4 is 0 Å². The van der Waals surface area contributed by atoms with Gasteiger partial charge >= 0.3 is 0 Å². The van der Waals surface area contributed by atoms with Gasteiger partial charge in [0.1, 0.15) is 30.7 Å². The van der Waals surface area contributed by atoms with E-state index in [0.717, 1.165) is 0 Å². The Bertz CT molecular complexity index is 186. The molecule has 0 spiro atoms. The van der Waals surface area contributed by atoms with E-state index in [2.05, 4.69) is 0 Å². The normalized spacial score (nSPS) is 21.5. The highest BCUT2D eigenvalue weighted by Crippen LogP contribution is 2.09. The largest absolute Gasteiger partial charge is 0.394 e.